The van der Waals surface area contributed by atoms with E-state index < -0.39 is 5.41 Å². The van der Waals surface area contributed by atoms with Gasteiger partial charge in [0.15, 0.2) is 0 Å². The summed E-state index contributed by atoms with van der Waals surface area (Å²) in [5.74, 6) is -0.338. The SMILES string of the molecule is CCOC(=O)CC(C)(C#N)c1ccccc1. The standard InChI is InChI=1S/C13H15NO2/c1-3-16-12(15)9-13(2,10-14)11-7-5-4-6-8-11/h4-8H,3,9H2,1-2H3. The first kappa shape index (κ1) is 12.3. The molecular formula is C13H15NO2. The summed E-state index contributed by atoms with van der Waals surface area (Å²) in [6.07, 6.45) is 0.0847. The van der Waals surface area contributed by atoms with Crippen LogP contribution in [0.15, 0.2) is 30.3 Å². The molecule has 84 valence electrons. The third-order valence-electron chi connectivity index (χ3n) is 2.46. The van der Waals surface area contributed by atoms with Gasteiger partial charge in [0.2, 0.25) is 0 Å². The van der Waals surface area contributed by atoms with E-state index in [0.717, 1.165) is 5.56 Å². The van der Waals surface area contributed by atoms with Crippen LogP contribution in [0.1, 0.15) is 25.8 Å². The summed E-state index contributed by atoms with van der Waals surface area (Å²) >= 11 is 0. The Morgan fingerprint density at radius 3 is 2.56 bits per heavy atom. The van der Waals surface area contributed by atoms with E-state index in [0.29, 0.717) is 6.61 Å². The molecule has 3 heteroatoms. The van der Waals surface area contributed by atoms with Crippen LogP contribution in [0.3, 0.4) is 0 Å². The van der Waals surface area contributed by atoms with E-state index in [-0.39, 0.29) is 12.4 Å². The number of hydrogen-bond acceptors (Lipinski definition) is 3. The summed E-state index contributed by atoms with van der Waals surface area (Å²) in [6, 6.07) is 11.5. The average molecular weight is 217 g/mol. The van der Waals surface area contributed by atoms with Gasteiger partial charge in [-0.3, -0.25) is 4.79 Å². The lowest BCUT2D eigenvalue weighted by molar-refractivity contribution is -0.144. The molecule has 0 aromatic heterocycles. The Balaban J connectivity index is 2.88. The van der Waals surface area contributed by atoms with Crippen molar-refractivity contribution in [2.45, 2.75) is 25.7 Å². The lowest BCUT2D eigenvalue weighted by Crippen LogP contribution is -2.25. The maximum absolute atomic E-state index is 11.4. The lowest BCUT2D eigenvalue weighted by atomic mass is 9.81. The molecule has 1 atom stereocenters. The molecule has 0 radical (unpaired) electrons. The quantitative estimate of drug-likeness (QED) is 0.728. The normalized spacial score (nSPS) is 13.6. The number of ether oxygens (including phenoxy) is 1. The van der Waals surface area contributed by atoms with Gasteiger partial charge in [0.05, 0.1) is 24.5 Å². The molecule has 1 aromatic carbocycles. The Hall–Kier alpha value is -1.82. The summed E-state index contributed by atoms with van der Waals surface area (Å²) < 4.78 is 4.87. The van der Waals surface area contributed by atoms with E-state index in [1.807, 2.05) is 30.3 Å². The van der Waals surface area contributed by atoms with Crippen LogP contribution < -0.4 is 0 Å². The van der Waals surface area contributed by atoms with Gasteiger partial charge in [-0.15, -0.1) is 0 Å². The molecule has 0 heterocycles. The monoisotopic (exact) mass is 217 g/mol. The van der Waals surface area contributed by atoms with Crippen molar-refractivity contribution in [1.29, 1.82) is 5.26 Å². The zero-order chi connectivity index (χ0) is 12.0. The molecule has 0 spiro atoms. The second-order valence-electron chi connectivity index (χ2n) is 3.79. The molecule has 0 saturated heterocycles. The Morgan fingerprint density at radius 1 is 1.44 bits per heavy atom. The molecule has 3 nitrogen and oxygen atoms in total. The van der Waals surface area contributed by atoms with Crippen LogP contribution >= 0.6 is 0 Å². The third-order valence-corrected chi connectivity index (χ3v) is 2.46. The molecule has 16 heavy (non-hydrogen) atoms. The molecule has 0 amide bonds. The van der Waals surface area contributed by atoms with Crippen molar-refractivity contribution < 1.29 is 9.53 Å². The van der Waals surface area contributed by atoms with Crippen molar-refractivity contribution in [3.8, 4) is 6.07 Å². The van der Waals surface area contributed by atoms with Gasteiger partial charge in [-0.05, 0) is 19.4 Å². The summed E-state index contributed by atoms with van der Waals surface area (Å²) in [5.41, 5.74) is 0.0265. The molecule has 1 unspecified atom stereocenters. The highest BCUT2D eigenvalue weighted by Gasteiger charge is 2.30. The highest BCUT2D eigenvalue weighted by molar-refractivity contribution is 5.72. The molecule has 1 rings (SSSR count). The highest BCUT2D eigenvalue weighted by Crippen LogP contribution is 2.26. The number of hydrogen-bond donors (Lipinski definition) is 0. The molecule has 1 aromatic rings. The van der Waals surface area contributed by atoms with Gasteiger partial charge >= 0.3 is 5.97 Å². The number of rotatable bonds is 4. The smallest absolute Gasteiger partial charge is 0.307 e. The van der Waals surface area contributed by atoms with Crippen molar-refractivity contribution in [2.24, 2.45) is 0 Å². The second kappa shape index (κ2) is 5.32. The van der Waals surface area contributed by atoms with Crippen LogP contribution in [0.4, 0.5) is 0 Å². The van der Waals surface area contributed by atoms with E-state index >= 15 is 0 Å². The Bertz CT molecular complexity index is 394. The fourth-order valence-electron chi connectivity index (χ4n) is 1.51. The number of nitriles is 1. The van der Waals surface area contributed by atoms with Crippen molar-refractivity contribution >= 4 is 5.97 Å². The first-order valence-electron chi connectivity index (χ1n) is 5.25. The zero-order valence-electron chi connectivity index (χ0n) is 9.56. The average Bonchev–Trinajstić information content (AvgIpc) is 2.30. The maximum atomic E-state index is 11.4. The zero-order valence-corrected chi connectivity index (χ0v) is 9.56. The van der Waals surface area contributed by atoms with E-state index in [1.165, 1.54) is 0 Å². The summed E-state index contributed by atoms with van der Waals surface area (Å²) in [7, 11) is 0. The molecule has 0 aliphatic rings. The van der Waals surface area contributed by atoms with E-state index in [9.17, 15) is 10.1 Å². The van der Waals surface area contributed by atoms with Crippen LogP contribution in [0, 0.1) is 11.3 Å². The van der Waals surface area contributed by atoms with Crippen molar-refractivity contribution in [3.05, 3.63) is 35.9 Å². The Kier molecular flexibility index (Phi) is 4.07. The minimum atomic E-state index is -0.812. The minimum absolute atomic E-state index is 0.0847. The predicted octanol–water partition coefficient (Wildman–Crippen LogP) is 2.42. The Morgan fingerprint density at radius 2 is 2.06 bits per heavy atom. The maximum Gasteiger partial charge on any atom is 0.307 e. The van der Waals surface area contributed by atoms with Crippen LogP contribution in [-0.2, 0) is 14.9 Å². The fourth-order valence-corrected chi connectivity index (χ4v) is 1.51. The van der Waals surface area contributed by atoms with Gasteiger partial charge in [0.1, 0.15) is 0 Å². The summed E-state index contributed by atoms with van der Waals surface area (Å²) in [4.78, 5) is 11.4. The molecule has 0 aliphatic carbocycles. The van der Waals surface area contributed by atoms with Crippen LogP contribution in [0.25, 0.3) is 0 Å². The first-order valence-corrected chi connectivity index (χ1v) is 5.25. The van der Waals surface area contributed by atoms with Crippen LogP contribution in [0.5, 0.6) is 0 Å². The number of benzene rings is 1. The van der Waals surface area contributed by atoms with E-state index in [1.54, 1.807) is 13.8 Å². The molecule has 0 saturated carbocycles. The molecular weight excluding hydrogens is 202 g/mol. The number of nitrogens with zero attached hydrogens (tertiary/aromatic N) is 1. The van der Waals surface area contributed by atoms with Crippen LogP contribution in [0.2, 0.25) is 0 Å². The van der Waals surface area contributed by atoms with E-state index in [4.69, 9.17) is 4.74 Å². The summed E-state index contributed by atoms with van der Waals surface area (Å²) in [5, 5.41) is 9.20. The number of carbonyl (C=O) groups is 1. The van der Waals surface area contributed by atoms with E-state index in [2.05, 4.69) is 6.07 Å². The van der Waals surface area contributed by atoms with Crippen molar-refractivity contribution in [2.75, 3.05) is 6.61 Å². The van der Waals surface area contributed by atoms with Gasteiger partial charge in [-0.25, -0.2) is 0 Å². The highest BCUT2D eigenvalue weighted by atomic mass is 16.5. The topological polar surface area (TPSA) is 50.1 Å². The Labute approximate surface area is 95.7 Å². The third kappa shape index (κ3) is 2.83. The fraction of sp³-hybridized carbons (Fsp3) is 0.385. The largest absolute Gasteiger partial charge is 0.466 e. The predicted molar refractivity (Wildman–Crippen MR) is 60.7 cm³/mol. The van der Waals surface area contributed by atoms with Crippen molar-refractivity contribution in [1.82, 2.24) is 0 Å². The molecule has 0 fully saturated rings. The number of esters is 1. The minimum Gasteiger partial charge on any atom is -0.466 e. The second-order valence-corrected chi connectivity index (χ2v) is 3.79. The van der Waals surface area contributed by atoms with Gasteiger partial charge < -0.3 is 4.74 Å². The van der Waals surface area contributed by atoms with Gasteiger partial charge in [-0.1, -0.05) is 30.3 Å². The van der Waals surface area contributed by atoms with Gasteiger partial charge in [-0.2, -0.15) is 5.26 Å². The first-order chi connectivity index (χ1) is 7.62. The molecule has 0 aliphatic heterocycles. The molecule has 0 N–H and O–H groups in total. The van der Waals surface area contributed by atoms with Gasteiger partial charge in [0, 0.05) is 0 Å². The number of carbonyl (C=O) groups excluding carboxylic acids is 1. The van der Waals surface area contributed by atoms with Crippen LogP contribution in [-0.4, -0.2) is 12.6 Å². The van der Waals surface area contributed by atoms with Gasteiger partial charge in [0.25, 0.3) is 0 Å². The summed E-state index contributed by atoms with van der Waals surface area (Å²) in [6.45, 7) is 3.85. The molecule has 0 bridgehead atoms. The van der Waals surface area contributed by atoms with Crippen molar-refractivity contribution in [3.63, 3.8) is 0 Å². The lowest BCUT2D eigenvalue weighted by Gasteiger charge is -2.20.